The van der Waals surface area contributed by atoms with Crippen LogP contribution in [0.1, 0.15) is 45.9 Å². The van der Waals surface area contributed by atoms with Gasteiger partial charge in [-0.25, -0.2) is 9.97 Å². The summed E-state index contributed by atoms with van der Waals surface area (Å²) in [6, 6.07) is 16.3. The van der Waals surface area contributed by atoms with Crippen molar-refractivity contribution >= 4 is 16.8 Å². The van der Waals surface area contributed by atoms with Gasteiger partial charge in [0.2, 0.25) is 0 Å². The molecule has 0 fully saturated rings. The fourth-order valence-electron chi connectivity index (χ4n) is 3.57. The van der Waals surface area contributed by atoms with E-state index in [-0.39, 0.29) is 23.3 Å². The number of aromatic nitrogens is 2. The summed E-state index contributed by atoms with van der Waals surface area (Å²) in [5.41, 5.74) is 5.33. The number of ketones is 1. The van der Waals surface area contributed by atoms with Crippen LogP contribution in [0.3, 0.4) is 0 Å². The van der Waals surface area contributed by atoms with Crippen LogP contribution in [0.15, 0.2) is 48.5 Å². The molecule has 0 aliphatic heterocycles. The number of carbonyl (C=O) groups excluding carboxylic acids is 1. The van der Waals surface area contributed by atoms with Crippen molar-refractivity contribution in [3.8, 4) is 11.3 Å². The second kappa shape index (κ2) is 8.42. The van der Waals surface area contributed by atoms with E-state index in [2.05, 4.69) is 43.4 Å². The van der Waals surface area contributed by atoms with Gasteiger partial charge in [0.15, 0.2) is 5.78 Å². The standard InChI is InChI=1S/C25H31N3O/c1-16(2)26-22(24(29)25(4,5)6)15-18-12-13-20-21(14-18)27-17(3)23(28-20)19-10-8-7-9-11-19/h7-14,16,22,26H,15H2,1-6H3. The number of Topliss-reactive ketones (excluding diaryl/α,β-unsaturated/α-hetero) is 1. The molecule has 0 saturated carbocycles. The largest absolute Gasteiger partial charge is 0.305 e. The molecule has 0 amide bonds. The molecule has 2 aromatic carbocycles. The Kier molecular flexibility index (Phi) is 6.13. The van der Waals surface area contributed by atoms with Gasteiger partial charge >= 0.3 is 0 Å². The summed E-state index contributed by atoms with van der Waals surface area (Å²) in [5, 5.41) is 3.44. The first-order chi connectivity index (χ1) is 13.6. The molecule has 1 heterocycles. The molecule has 0 spiro atoms. The Hall–Kier alpha value is -2.59. The van der Waals surface area contributed by atoms with Crippen LogP contribution in [-0.2, 0) is 11.2 Å². The second-order valence-corrected chi connectivity index (χ2v) is 9.04. The smallest absolute Gasteiger partial charge is 0.155 e. The maximum atomic E-state index is 12.9. The number of aryl methyl sites for hydroxylation is 1. The number of nitrogens with zero attached hydrogens (tertiary/aromatic N) is 2. The van der Waals surface area contributed by atoms with Crippen LogP contribution in [0.4, 0.5) is 0 Å². The van der Waals surface area contributed by atoms with E-state index in [9.17, 15) is 4.79 Å². The van der Waals surface area contributed by atoms with Gasteiger partial charge in [-0.2, -0.15) is 0 Å². The number of carbonyl (C=O) groups is 1. The zero-order valence-electron chi connectivity index (χ0n) is 18.3. The lowest BCUT2D eigenvalue weighted by Gasteiger charge is -2.27. The average Bonchev–Trinajstić information content (AvgIpc) is 2.66. The molecule has 1 unspecified atom stereocenters. The van der Waals surface area contributed by atoms with Crippen LogP contribution >= 0.6 is 0 Å². The number of hydrogen-bond acceptors (Lipinski definition) is 4. The SMILES string of the molecule is Cc1nc2cc(CC(NC(C)C)C(=O)C(C)(C)C)ccc2nc1-c1ccccc1. The van der Waals surface area contributed by atoms with Gasteiger partial charge in [0.25, 0.3) is 0 Å². The Morgan fingerprint density at radius 2 is 1.69 bits per heavy atom. The number of hydrogen-bond donors (Lipinski definition) is 1. The molecule has 3 rings (SSSR count). The van der Waals surface area contributed by atoms with E-state index in [1.165, 1.54) is 0 Å². The van der Waals surface area contributed by atoms with E-state index >= 15 is 0 Å². The van der Waals surface area contributed by atoms with Crippen molar-refractivity contribution in [1.29, 1.82) is 0 Å². The number of rotatable bonds is 6. The molecule has 4 nitrogen and oxygen atoms in total. The second-order valence-electron chi connectivity index (χ2n) is 9.04. The van der Waals surface area contributed by atoms with Crippen molar-refractivity contribution in [2.45, 2.75) is 60.0 Å². The molecule has 3 aromatic rings. The molecular formula is C25H31N3O. The van der Waals surface area contributed by atoms with Gasteiger partial charge in [0.1, 0.15) is 0 Å². The van der Waals surface area contributed by atoms with Gasteiger partial charge in [0.05, 0.1) is 28.5 Å². The Morgan fingerprint density at radius 3 is 2.31 bits per heavy atom. The van der Waals surface area contributed by atoms with Gasteiger partial charge < -0.3 is 5.32 Å². The van der Waals surface area contributed by atoms with Crippen LogP contribution in [0.25, 0.3) is 22.3 Å². The van der Waals surface area contributed by atoms with E-state index in [0.717, 1.165) is 33.5 Å². The lowest BCUT2D eigenvalue weighted by atomic mass is 9.84. The lowest BCUT2D eigenvalue weighted by molar-refractivity contribution is -0.128. The summed E-state index contributed by atoms with van der Waals surface area (Å²) in [5.74, 6) is 0.230. The molecule has 4 heteroatoms. The minimum Gasteiger partial charge on any atom is -0.305 e. The third-order valence-electron chi connectivity index (χ3n) is 4.98. The molecule has 0 aliphatic rings. The summed E-state index contributed by atoms with van der Waals surface area (Å²) in [7, 11) is 0. The van der Waals surface area contributed by atoms with Crippen molar-refractivity contribution in [2.75, 3.05) is 0 Å². The predicted molar refractivity (Wildman–Crippen MR) is 120 cm³/mol. The molecule has 0 radical (unpaired) electrons. The fourth-order valence-corrected chi connectivity index (χ4v) is 3.57. The summed E-state index contributed by atoms with van der Waals surface area (Å²) in [6.45, 7) is 12.1. The zero-order valence-corrected chi connectivity index (χ0v) is 18.3. The van der Waals surface area contributed by atoms with Gasteiger partial charge in [-0.15, -0.1) is 0 Å². The molecule has 1 N–H and O–H groups in total. The molecule has 0 aliphatic carbocycles. The first kappa shape index (κ1) is 21.1. The van der Waals surface area contributed by atoms with E-state index in [1.54, 1.807) is 0 Å². The van der Waals surface area contributed by atoms with Crippen LogP contribution in [0.2, 0.25) is 0 Å². The van der Waals surface area contributed by atoms with Crippen molar-refractivity contribution in [2.24, 2.45) is 5.41 Å². The summed E-state index contributed by atoms with van der Waals surface area (Å²) >= 11 is 0. The molecule has 1 aromatic heterocycles. The number of benzene rings is 2. The molecule has 152 valence electrons. The monoisotopic (exact) mass is 389 g/mol. The Bertz CT molecular complexity index is 1000. The first-order valence-corrected chi connectivity index (χ1v) is 10.3. The quantitative estimate of drug-likeness (QED) is 0.635. The van der Waals surface area contributed by atoms with Gasteiger partial charge in [-0.05, 0) is 31.0 Å². The summed E-state index contributed by atoms with van der Waals surface area (Å²) in [6.07, 6.45) is 0.644. The fraction of sp³-hybridized carbons (Fsp3) is 0.400. The highest BCUT2D eigenvalue weighted by Gasteiger charge is 2.30. The number of fused-ring (bicyclic) bond motifs is 1. The van der Waals surface area contributed by atoms with Crippen molar-refractivity contribution < 1.29 is 4.79 Å². The zero-order chi connectivity index (χ0) is 21.2. The van der Waals surface area contributed by atoms with Crippen LogP contribution in [0.5, 0.6) is 0 Å². The van der Waals surface area contributed by atoms with Gasteiger partial charge in [-0.1, -0.05) is 71.0 Å². The Labute approximate surface area is 173 Å². The van der Waals surface area contributed by atoms with E-state index < -0.39 is 0 Å². The van der Waals surface area contributed by atoms with Crippen LogP contribution < -0.4 is 5.32 Å². The molecule has 29 heavy (non-hydrogen) atoms. The molecule has 1 atom stereocenters. The number of nitrogens with one attached hydrogen (secondary N) is 1. The van der Waals surface area contributed by atoms with Crippen molar-refractivity contribution in [3.63, 3.8) is 0 Å². The lowest BCUT2D eigenvalue weighted by Crippen LogP contribution is -2.47. The first-order valence-electron chi connectivity index (χ1n) is 10.3. The Balaban J connectivity index is 1.93. The minimum atomic E-state index is -0.385. The van der Waals surface area contributed by atoms with Crippen LogP contribution in [-0.4, -0.2) is 27.8 Å². The van der Waals surface area contributed by atoms with Crippen molar-refractivity contribution in [3.05, 3.63) is 59.8 Å². The molecular weight excluding hydrogens is 358 g/mol. The maximum Gasteiger partial charge on any atom is 0.155 e. The third-order valence-corrected chi connectivity index (χ3v) is 4.98. The molecule has 0 bridgehead atoms. The normalized spacial score (nSPS) is 13.1. The highest BCUT2D eigenvalue weighted by atomic mass is 16.1. The average molecular weight is 390 g/mol. The summed E-state index contributed by atoms with van der Waals surface area (Å²) in [4.78, 5) is 22.6. The maximum absolute atomic E-state index is 12.9. The minimum absolute atomic E-state index is 0.218. The highest BCUT2D eigenvalue weighted by molar-refractivity contribution is 5.89. The van der Waals surface area contributed by atoms with Gasteiger partial charge in [-0.3, -0.25) is 4.79 Å². The summed E-state index contributed by atoms with van der Waals surface area (Å²) < 4.78 is 0. The van der Waals surface area contributed by atoms with Crippen LogP contribution in [0, 0.1) is 12.3 Å². The van der Waals surface area contributed by atoms with E-state index in [4.69, 9.17) is 9.97 Å². The Morgan fingerprint density at radius 1 is 1.00 bits per heavy atom. The van der Waals surface area contributed by atoms with Crippen molar-refractivity contribution in [1.82, 2.24) is 15.3 Å². The topological polar surface area (TPSA) is 54.9 Å². The van der Waals surface area contributed by atoms with E-state index in [1.807, 2.05) is 52.0 Å². The third kappa shape index (κ3) is 5.07. The predicted octanol–water partition coefficient (Wildman–Crippen LogP) is 5.13. The van der Waals surface area contributed by atoms with Gasteiger partial charge in [0, 0.05) is 17.0 Å². The molecule has 0 saturated heterocycles. The highest BCUT2D eigenvalue weighted by Crippen LogP contribution is 2.24. The van der Waals surface area contributed by atoms with E-state index in [0.29, 0.717) is 6.42 Å².